The number of hydrogen-bond acceptors (Lipinski definition) is 13. The highest BCUT2D eigenvalue weighted by Crippen LogP contribution is 2.32. The van der Waals surface area contributed by atoms with Crippen LogP contribution in [0, 0.1) is 0 Å². The molecule has 0 spiro atoms. The first-order valence-corrected chi connectivity index (χ1v) is 23.7. The third-order valence-corrected chi connectivity index (χ3v) is 10.3. The fraction of sp³-hybridized carbons (Fsp3) is 0.281. The quantitative estimate of drug-likeness (QED) is 0.0867. The molecule has 16 heteroatoms. The van der Waals surface area contributed by atoms with E-state index >= 15 is 0 Å². The van der Waals surface area contributed by atoms with E-state index in [-0.39, 0.29) is 36.3 Å². The van der Waals surface area contributed by atoms with E-state index in [2.05, 4.69) is 4.98 Å². The van der Waals surface area contributed by atoms with Crippen LogP contribution in [0.25, 0.3) is 32.7 Å². The summed E-state index contributed by atoms with van der Waals surface area (Å²) in [6.07, 6.45) is -1.34. The van der Waals surface area contributed by atoms with Crippen molar-refractivity contribution >= 4 is 62.8 Å². The second-order valence-electron chi connectivity index (χ2n) is 18.2. The molecule has 0 unspecified atom stereocenters. The molecule has 3 aromatic heterocycles. The maximum absolute atomic E-state index is 12.8. The SMILES string of the molecule is CCOC(=O)c1cc2c(O)cccc2n1C(=O)OC(C)(C)C.CCOC(=O)c1cc2c(OCc3ccccc3)cccc2[nH]1.CCOC(=O)c1cc2c(OCc3ccccc3)cccc2n1C(=O)OC(C)(C)C. The molecule has 8 aromatic rings. The van der Waals surface area contributed by atoms with Gasteiger partial charge in [-0.3, -0.25) is 0 Å². The molecule has 0 atom stereocenters. The number of nitrogens with zero attached hydrogens (tertiary/aromatic N) is 2. The number of phenolic OH excluding ortho intramolecular Hbond substituents is 1. The average molecular weight is 996 g/mol. The molecule has 0 aliphatic rings. The molecule has 0 saturated heterocycles. The number of aromatic hydroxyl groups is 1. The van der Waals surface area contributed by atoms with Crippen LogP contribution in [0.1, 0.15) is 105 Å². The monoisotopic (exact) mass is 995 g/mol. The number of ether oxygens (including phenoxy) is 7. The summed E-state index contributed by atoms with van der Waals surface area (Å²) in [5.41, 5.74) is 3.02. The lowest BCUT2D eigenvalue weighted by Crippen LogP contribution is -2.29. The van der Waals surface area contributed by atoms with Crippen LogP contribution in [0.4, 0.5) is 9.59 Å². The summed E-state index contributed by atoms with van der Waals surface area (Å²) in [7, 11) is 0. The Kier molecular flexibility index (Phi) is 17.7. The lowest BCUT2D eigenvalue weighted by atomic mass is 10.2. The van der Waals surface area contributed by atoms with Crippen molar-refractivity contribution in [2.75, 3.05) is 19.8 Å². The van der Waals surface area contributed by atoms with Gasteiger partial charge in [-0.2, -0.15) is 0 Å². The van der Waals surface area contributed by atoms with E-state index in [0.717, 1.165) is 32.3 Å². The molecule has 0 aliphatic carbocycles. The molecule has 382 valence electrons. The Labute approximate surface area is 423 Å². The maximum atomic E-state index is 12.8. The number of carbonyl (C=O) groups excluding carboxylic acids is 5. The van der Waals surface area contributed by atoms with Crippen molar-refractivity contribution in [2.24, 2.45) is 0 Å². The summed E-state index contributed by atoms with van der Waals surface area (Å²) in [6.45, 7) is 17.3. The zero-order chi connectivity index (χ0) is 52.9. The average Bonchev–Trinajstić information content (AvgIpc) is 4.09. The fourth-order valence-electron chi connectivity index (χ4n) is 7.31. The van der Waals surface area contributed by atoms with Crippen molar-refractivity contribution in [3.63, 3.8) is 0 Å². The molecular formula is C57H61N3O13. The molecule has 0 saturated carbocycles. The van der Waals surface area contributed by atoms with Crippen molar-refractivity contribution < 1.29 is 62.2 Å². The summed E-state index contributed by atoms with van der Waals surface area (Å²) in [4.78, 5) is 64.7. The standard InChI is InChI=1S/C23H25NO5.C18H17NO3.C16H19NO5/c1-5-27-21(25)19-14-17-18(24(19)22(26)29-23(2,3)4)12-9-13-20(17)28-15-16-10-7-6-8-11-16;1-2-21-18(20)16-11-14-15(19-16)9-6-10-17(14)22-12-13-7-4-3-5-8-13;1-5-21-14(19)12-9-10-11(7-6-8-13(10)18)17(12)15(20)22-16(2,3)4/h6-14H,5,15H2,1-4H3;3-11,19H,2,12H2,1H3;6-9,18H,5H2,1-4H3. The molecule has 16 nitrogen and oxygen atoms in total. The molecule has 0 radical (unpaired) electrons. The van der Waals surface area contributed by atoms with Gasteiger partial charge in [-0.1, -0.05) is 78.9 Å². The van der Waals surface area contributed by atoms with Crippen molar-refractivity contribution in [1.82, 2.24) is 14.1 Å². The van der Waals surface area contributed by atoms with Crippen LogP contribution in [-0.4, -0.2) is 80.3 Å². The van der Waals surface area contributed by atoms with Gasteiger partial charge < -0.3 is 43.2 Å². The number of carbonyl (C=O) groups is 5. The summed E-state index contributed by atoms with van der Waals surface area (Å²) in [6, 6.07) is 40.3. The number of aromatic nitrogens is 3. The number of phenols is 1. The van der Waals surface area contributed by atoms with Crippen molar-refractivity contribution in [3.8, 4) is 17.2 Å². The van der Waals surface area contributed by atoms with Crippen LogP contribution < -0.4 is 9.47 Å². The normalized spacial score (nSPS) is 11.1. The number of H-pyrrole nitrogens is 1. The second kappa shape index (κ2) is 24.1. The van der Waals surface area contributed by atoms with E-state index < -0.39 is 35.3 Å². The van der Waals surface area contributed by atoms with E-state index in [9.17, 15) is 29.1 Å². The highest BCUT2D eigenvalue weighted by molar-refractivity contribution is 6.04. The van der Waals surface area contributed by atoms with Gasteiger partial charge in [0.2, 0.25) is 0 Å². The van der Waals surface area contributed by atoms with Crippen molar-refractivity contribution in [3.05, 3.63) is 162 Å². The van der Waals surface area contributed by atoms with Gasteiger partial charge in [0.25, 0.3) is 0 Å². The summed E-state index contributed by atoms with van der Waals surface area (Å²) in [5.74, 6) is -0.307. The van der Waals surface area contributed by atoms with E-state index in [0.29, 0.717) is 53.1 Å². The van der Waals surface area contributed by atoms with Gasteiger partial charge >= 0.3 is 30.1 Å². The van der Waals surface area contributed by atoms with Gasteiger partial charge in [-0.05, 0) is 128 Å². The Morgan fingerprint density at radius 3 is 1.40 bits per heavy atom. The minimum Gasteiger partial charge on any atom is -0.507 e. The van der Waals surface area contributed by atoms with Gasteiger partial charge in [-0.25, -0.2) is 33.1 Å². The molecule has 5 aromatic carbocycles. The van der Waals surface area contributed by atoms with Crippen molar-refractivity contribution in [2.45, 2.75) is 86.7 Å². The Morgan fingerprint density at radius 1 is 0.493 bits per heavy atom. The zero-order valence-corrected chi connectivity index (χ0v) is 42.5. The molecule has 8 rings (SSSR count). The number of benzene rings is 5. The van der Waals surface area contributed by atoms with Crippen LogP contribution in [0.5, 0.6) is 17.2 Å². The molecule has 0 bridgehead atoms. The van der Waals surface area contributed by atoms with E-state index in [4.69, 9.17) is 33.2 Å². The number of aromatic amines is 1. The van der Waals surface area contributed by atoms with Gasteiger partial charge in [0.15, 0.2) is 0 Å². The lowest BCUT2D eigenvalue weighted by molar-refractivity contribution is 0.0454. The van der Waals surface area contributed by atoms with Gasteiger partial charge in [0, 0.05) is 21.7 Å². The minimum atomic E-state index is -0.712. The predicted octanol–water partition coefficient (Wildman–Crippen LogP) is 12.4. The number of esters is 3. The first-order chi connectivity index (χ1) is 34.8. The van der Waals surface area contributed by atoms with Crippen molar-refractivity contribution in [1.29, 1.82) is 0 Å². The topological polar surface area (TPSA) is 196 Å². The largest absolute Gasteiger partial charge is 0.507 e. The first kappa shape index (κ1) is 53.8. The van der Waals surface area contributed by atoms with E-state index in [1.165, 1.54) is 16.7 Å². The molecule has 3 heterocycles. The Bertz CT molecular complexity index is 3190. The third kappa shape index (κ3) is 14.1. The van der Waals surface area contributed by atoms with Gasteiger partial charge in [-0.15, -0.1) is 0 Å². The highest BCUT2D eigenvalue weighted by Gasteiger charge is 2.28. The molecule has 2 N–H and O–H groups in total. The third-order valence-electron chi connectivity index (χ3n) is 10.3. The van der Waals surface area contributed by atoms with Crippen LogP contribution >= 0.6 is 0 Å². The molecule has 0 fully saturated rings. The highest BCUT2D eigenvalue weighted by atomic mass is 16.6. The Balaban J connectivity index is 0.000000181. The number of nitrogens with one attached hydrogen (secondary N) is 1. The predicted molar refractivity (Wildman–Crippen MR) is 277 cm³/mol. The molecule has 0 aliphatic heterocycles. The Morgan fingerprint density at radius 2 is 0.918 bits per heavy atom. The number of rotatable bonds is 12. The van der Waals surface area contributed by atoms with Crippen LogP contribution in [0.3, 0.4) is 0 Å². The van der Waals surface area contributed by atoms with E-state index in [1.54, 1.807) is 105 Å². The Hall–Kier alpha value is -8.53. The number of hydrogen-bond donors (Lipinski definition) is 2. The summed E-state index contributed by atoms with van der Waals surface area (Å²) in [5, 5.41) is 11.8. The fourth-order valence-corrected chi connectivity index (χ4v) is 7.31. The smallest absolute Gasteiger partial charge is 0.419 e. The number of fused-ring (bicyclic) bond motifs is 3. The zero-order valence-electron chi connectivity index (χ0n) is 42.5. The second-order valence-corrected chi connectivity index (χ2v) is 18.2. The summed E-state index contributed by atoms with van der Waals surface area (Å²) >= 11 is 0. The summed E-state index contributed by atoms with van der Waals surface area (Å²) < 4.78 is 40.2. The lowest BCUT2D eigenvalue weighted by Gasteiger charge is -2.20. The molecule has 73 heavy (non-hydrogen) atoms. The van der Waals surface area contributed by atoms with Crippen LogP contribution in [0.15, 0.2) is 133 Å². The van der Waals surface area contributed by atoms with E-state index in [1.807, 2.05) is 78.9 Å². The maximum Gasteiger partial charge on any atom is 0.419 e. The van der Waals surface area contributed by atoms with Gasteiger partial charge in [0.1, 0.15) is 58.7 Å². The molecular weight excluding hydrogens is 935 g/mol. The first-order valence-electron chi connectivity index (χ1n) is 23.7. The van der Waals surface area contributed by atoms with Gasteiger partial charge in [0.05, 0.1) is 30.9 Å². The van der Waals surface area contributed by atoms with Crippen LogP contribution in [0.2, 0.25) is 0 Å². The minimum absolute atomic E-state index is 0.0209. The van der Waals surface area contributed by atoms with Crippen LogP contribution in [-0.2, 0) is 36.9 Å². The molecule has 0 amide bonds.